The molecule has 0 saturated heterocycles. The summed E-state index contributed by atoms with van der Waals surface area (Å²) >= 11 is 0. The van der Waals surface area contributed by atoms with Crippen LogP contribution in [0.2, 0.25) is 0 Å². The molecule has 0 aliphatic rings. The van der Waals surface area contributed by atoms with Crippen molar-refractivity contribution in [2.45, 2.75) is 20.3 Å². The van der Waals surface area contributed by atoms with Crippen molar-refractivity contribution in [1.29, 1.82) is 0 Å². The zero-order valence-electron chi connectivity index (χ0n) is 11.5. The lowest BCUT2D eigenvalue weighted by atomic mass is 10.1. The van der Waals surface area contributed by atoms with Gasteiger partial charge >= 0.3 is 0 Å². The molecule has 19 heavy (non-hydrogen) atoms. The second-order valence-electron chi connectivity index (χ2n) is 4.31. The molecule has 0 radical (unpaired) electrons. The molecule has 3 nitrogen and oxygen atoms in total. The Bertz CT molecular complexity index is 508. The molecule has 2 rings (SSSR count). The molecule has 0 aliphatic carbocycles. The lowest BCUT2D eigenvalue weighted by Gasteiger charge is -2.08. The Hall–Kier alpha value is -2.03. The molecule has 1 aromatic heterocycles. The Morgan fingerprint density at radius 1 is 1.11 bits per heavy atom. The largest absolute Gasteiger partial charge is 0.494 e. The first kappa shape index (κ1) is 13.4. The van der Waals surface area contributed by atoms with Crippen LogP contribution >= 0.6 is 0 Å². The first-order valence-electron chi connectivity index (χ1n) is 6.76. The molecule has 0 bridgehead atoms. The Morgan fingerprint density at radius 2 is 1.89 bits per heavy atom. The van der Waals surface area contributed by atoms with Crippen molar-refractivity contribution in [2.75, 3.05) is 18.5 Å². The summed E-state index contributed by atoms with van der Waals surface area (Å²) < 4.78 is 5.44. The summed E-state index contributed by atoms with van der Waals surface area (Å²) in [5.74, 6) is 0.895. The van der Waals surface area contributed by atoms with Crippen molar-refractivity contribution in [3.8, 4) is 17.0 Å². The van der Waals surface area contributed by atoms with Crippen LogP contribution in [0.25, 0.3) is 11.3 Å². The normalized spacial score (nSPS) is 10.2. The van der Waals surface area contributed by atoms with E-state index in [0.717, 1.165) is 35.7 Å². The van der Waals surface area contributed by atoms with Gasteiger partial charge in [0.15, 0.2) is 0 Å². The van der Waals surface area contributed by atoms with E-state index in [4.69, 9.17) is 4.74 Å². The van der Waals surface area contributed by atoms with Crippen LogP contribution in [0.4, 0.5) is 5.69 Å². The molecule has 0 unspecified atom stereocenters. The number of benzene rings is 1. The number of rotatable bonds is 6. The Morgan fingerprint density at radius 3 is 2.58 bits per heavy atom. The fourth-order valence-corrected chi connectivity index (χ4v) is 1.86. The maximum atomic E-state index is 5.44. The van der Waals surface area contributed by atoms with E-state index < -0.39 is 0 Å². The van der Waals surface area contributed by atoms with Crippen molar-refractivity contribution >= 4 is 5.69 Å². The number of pyridine rings is 1. The van der Waals surface area contributed by atoms with E-state index in [1.54, 1.807) is 0 Å². The van der Waals surface area contributed by atoms with Gasteiger partial charge in [0.25, 0.3) is 0 Å². The first-order chi connectivity index (χ1) is 9.33. The van der Waals surface area contributed by atoms with Gasteiger partial charge in [0.05, 0.1) is 12.3 Å². The van der Waals surface area contributed by atoms with E-state index in [1.165, 1.54) is 0 Å². The van der Waals surface area contributed by atoms with Gasteiger partial charge in [-0.05, 0) is 49.7 Å². The van der Waals surface area contributed by atoms with Gasteiger partial charge in [-0.2, -0.15) is 0 Å². The van der Waals surface area contributed by atoms with E-state index in [1.807, 2.05) is 43.5 Å². The van der Waals surface area contributed by atoms with Gasteiger partial charge in [0, 0.05) is 24.0 Å². The summed E-state index contributed by atoms with van der Waals surface area (Å²) in [5, 5.41) is 3.37. The average molecular weight is 256 g/mol. The van der Waals surface area contributed by atoms with Crippen molar-refractivity contribution in [3.05, 3.63) is 42.6 Å². The molecule has 1 heterocycles. The molecular weight excluding hydrogens is 236 g/mol. The van der Waals surface area contributed by atoms with E-state index in [2.05, 4.69) is 23.3 Å². The number of hydrogen-bond acceptors (Lipinski definition) is 3. The molecule has 0 aliphatic heterocycles. The molecule has 1 aromatic carbocycles. The molecule has 2 aromatic rings. The highest BCUT2D eigenvalue weighted by atomic mass is 16.5. The summed E-state index contributed by atoms with van der Waals surface area (Å²) in [6, 6.07) is 12.1. The number of aromatic nitrogens is 1. The predicted octanol–water partition coefficient (Wildman–Crippen LogP) is 3.97. The van der Waals surface area contributed by atoms with Crippen LogP contribution in [-0.4, -0.2) is 18.1 Å². The molecule has 0 spiro atoms. The maximum Gasteiger partial charge on any atom is 0.119 e. The number of hydrogen-bond donors (Lipinski definition) is 1. The van der Waals surface area contributed by atoms with Crippen LogP contribution in [-0.2, 0) is 0 Å². The van der Waals surface area contributed by atoms with Crippen molar-refractivity contribution in [3.63, 3.8) is 0 Å². The number of nitrogens with one attached hydrogen (secondary N) is 1. The Labute approximate surface area is 114 Å². The lowest BCUT2D eigenvalue weighted by molar-refractivity contribution is 0.340. The molecule has 3 heteroatoms. The fourth-order valence-electron chi connectivity index (χ4n) is 1.86. The van der Waals surface area contributed by atoms with Crippen LogP contribution in [0.5, 0.6) is 5.75 Å². The standard InChI is InChI=1S/C16H20N2O/c1-3-10-17-14-9-11-18-16(12-14)13-5-7-15(8-6-13)19-4-2/h5-9,11-12H,3-4,10H2,1-2H3,(H,17,18). The van der Waals surface area contributed by atoms with E-state index in [-0.39, 0.29) is 0 Å². The highest BCUT2D eigenvalue weighted by molar-refractivity contribution is 5.64. The fraction of sp³-hybridized carbons (Fsp3) is 0.312. The zero-order chi connectivity index (χ0) is 13.5. The van der Waals surface area contributed by atoms with Gasteiger partial charge in [0.2, 0.25) is 0 Å². The van der Waals surface area contributed by atoms with Crippen molar-refractivity contribution in [2.24, 2.45) is 0 Å². The summed E-state index contributed by atoms with van der Waals surface area (Å²) in [5.41, 5.74) is 3.19. The van der Waals surface area contributed by atoms with E-state index in [9.17, 15) is 0 Å². The molecule has 0 amide bonds. The molecule has 0 fully saturated rings. The smallest absolute Gasteiger partial charge is 0.119 e. The van der Waals surface area contributed by atoms with Crippen LogP contribution in [0, 0.1) is 0 Å². The minimum atomic E-state index is 0.689. The van der Waals surface area contributed by atoms with Gasteiger partial charge in [-0.25, -0.2) is 0 Å². The van der Waals surface area contributed by atoms with E-state index >= 15 is 0 Å². The van der Waals surface area contributed by atoms with Crippen LogP contribution in [0.3, 0.4) is 0 Å². The Balaban J connectivity index is 2.16. The summed E-state index contributed by atoms with van der Waals surface area (Å²) in [7, 11) is 0. The third-order valence-electron chi connectivity index (χ3n) is 2.80. The minimum absolute atomic E-state index is 0.689. The van der Waals surface area contributed by atoms with Crippen LogP contribution < -0.4 is 10.1 Å². The van der Waals surface area contributed by atoms with Gasteiger partial charge in [0.1, 0.15) is 5.75 Å². The monoisotopic (exact) mass is 256 g/mol. The van der Waals surface area contributed by atoms with Gasteiger partial charge in [-0.1, -0.05) is 6.92 Å². The summed E-state index contributed by atoms with van der Waals surface area (Å²) in [4.78, 5) is 4.41. The zero-order valence-corrected chi connectivity index (χ0v) is 11.5. The molecular formula is C16H20N2O. The van der Waals surface area contributed by atoms with Gasteiger partial charge in [-0.15, -0.1) is 0 Å². The predicted molar refractivity (Wildman–Crippen MR) is 79.6 cm³/mol. The minimum Gasteiger partial charge on any atom is -0.494 e. The molecule has 0 saturated carbocycles. The second-order valence-corrected chi connectivity index (χ2v) is 4.31. The molecule has 100 valence electrons. The van der Waals surface area contributed by atoms with Crippen molar-refractivity contribution < 1.29 is 4.74 Å². The summed E-state index contributed by atoms with van der Waals surface area (Å²) in [6.07, 6.45) is 2.95. The third-order valence-corrected chi connectivity index (χ3v) is 2.80. The van der Waals surface area contributed by atoms with Gasteiger partial charge < -0.3 is 10.1 Å². The van der Waals surface area contributed by atoms with Crippen molar-refractivity contribution in [1.82, 2.24) is 4.98 Å². The van der Waals surface area contributed by atoms with E-state index in [0.29, 0.717) is 6.61 Å². The summed E-state index contributed by atoms with van der Waals surface area (Å²) in [6.45, 7) is 5.81. The van der Waals surface area contributed by atoms with Crippen LogP contribution in [0.15, 0.2) is 42.6 Å². The number of nitrogens with zero attached hydrogens (tertiary/aromatic N) is 1. The maximum absolute atomic E-state index is 5.44. The first-order valence-corrected chi connectivity index (χ1v) is 6.76. The highest BCUT2D eigenvalue weighted by Gasteiger charge is 2.01. The lowest BCUT2D eigenvalue weighted by Crippen LogP contribution is -1.99. The second kappa shape index (κ2) is 6.78. The third kappa shape index (κ3) is 3.71. The SMILES string of the molecule is CCCNc1ccnc(-c2ccc(OCC)cc2)c1. The Kier molecular flexibility index (Phi) is 4.78. The molecule has 1 N–H and O–H groups in total. The molecule has 0 atom stereocenters. The van der Waals surface area contributed by atoms with Gasteiger partial charge in [-0.3, -0.25) is 4.98 Å². The average Bonchev–Trinajstić information content (AvgIpc) is 2.46. The number of ether oxygens (including phenoxy) is 1. The quantitative estimate of drug-likeness (QED) is 0.849. The van der Waals surface area contributed by atoms with Crippen LogP contribution in [0.1, 0.15) is 20.3 Å². The number of anilines is 1. The highest BCUT2D eigenvalue weighted by Crippen LogP contribution is 2.22. The topological polar surface area (TPSA) is 34.2 Å².